The normalized spacial score (nSPS) is 11.6. The zero-order valence-electron chi connectivity index (χ0n) is 16.9. The van der Waals surface area contributed by atoms with E-state index in [2.05, 4.69) is 10.4 Å². The van der Waals surface area contributed by atoms with Gasteiger partial charge in [-0.25, -0.2) is 4.79 Å². The molecule has 7 heteroatoms. The van der Waals surface area contributed by atoms with Gasteiger partial charge in [-0.3, -0.25) is 9.48 Å². The predicted molar refractivity (Wildman–Crippen MR) is 114 cm³/mol. The van der Waals surface area contributed by atoms with Gasteiger partial charge in [0, 0.05) is 23.6 Å². The molecule has 31 heavy (non-hydrogen) atoms. The van der Waals surface area contributed by atoms with Crippen LogP contribution in [0.5, 0.6) is 0 Å². The van der Waals surface area contributed by atoms with E-state index in [9.17, 15) is 9.59 Å². The second kappa shape index (κ2) is 9.13. The van der Waals surface area contributed by atoms with E-state index in [4.69, 9.17) is 9.15 Å². The molecule has 0 fully saturated rings. The van der Waals surface area contributed by atoms with Crippen molar-refractivity contribution in [1.82, 2.24) is 9.78 Å². The minimum Gasteiger partial charge on any atom is -0.452 e. The summed E-state index contributed by atoms with van der Waals surface area (Å²) < 4.78 is 12.8. The van der Waals surface area contributed by atoms with Crippen LogP contribution in [0.1, 0.15) is 33.5 Å². The van der Waals surface area contributed by atoms with E-state index in [0.29, 0.717) is 23.6 Å². The first-order valence-corrected chi connectivity index (χ1v) is 9.78. The SMILES string of the molecule is Cc1ccc(NC(=O)C(OC(=O)c2ccc(Cn3cccn3)o2)c2ccccc2)cc1. The number of aromatic nitrogens is 2. The van der Waals surface area contributed by atoms with Gasteiger partial charge in [0.05, 0.1) is 6.54 Å². The van der Waals surface area contributed by atoms with E-state index < -0.39 is 18.0 Å². The highest BCUT2D eigenvalue weighted by atomic mass is 16.6. The Morgan fingerprint density at radius 2 is 1.81 bits per heavy atom. The van der Waals surface area contributed by atoms with Crippen molar-refractivity contribution in [2.45, 2.75) is 19.6 Å². The van der Waals surface area contributed by atoms with E-state index in [-0.39, 0.29) is 5.76 Å². The maximum Gasteiger partial charge on any atom is 0.375 e. The number of hydrogen-bond donors (Lipinski definition) is 1. The van der Waals surface area contributed by atoms with Crippen LogP contribution in [0, 0.1) is 6.92 Å². The Morgan fingerprint density at radius 1 is 1.03 bits per heavy atom. The molecule has 0 spiro atoms. The number of carbonyl (C=O) groups excluding carboxylic acids is 2. The van der Waals surface area contributed by atoms with Crippen molar-refractivity contribution in [2.75, 3.05) is 5.32 Å². The predicted octanol–water partition coefficient (Wildman–Crippen LogP) is 4.37. The number of hydrogen-bond acceptors (Lipinski definition) is 5. The van der Waals surface area contributed by atoms with Gasteiger partial charge in [-0.2, -0.15) is 5.10 Å². The lowest BCUT2D eigenvalue weighted by Gasteiger charge is -2.17. The summed E-state index contributed by atoms with van der Waals surface area (Å²) in [6.07, 6.45) is 2.33. The van der Waals surface area contributed by atoms with Crippen molar-refractivity contribution in [3.8, 4) is 0 Å². The van der Waals surface area contributed by atoms with Gasteiger partial charge in [-0.15, -0.1) is 0 Å². The summed E-state index contributed by atoms with van der Waals surface area (Å²) in [6.45, 7) is 2.35. The molecular weight excluding hydrogens is 394 g/mol. The smallest absolute Gasteiger partial charge is 0.375 e. The molecule has 1 atom stereocenters. The van der Waals surface area contributed by atoms with Crippen LogP contribution in [-0.2, 0) is 16.1 Å². The Hall–Kier alpha value is -4.13. The van der Waals surface area contributed by atoms with Crippen LogP contribution >= 0.6 is 0 Å². The molecule has 0 radical (unpaired) electrons. The summed E-state index contributed by atoms with van der Waals surface area (Å²) in [5.41, 5.74) is 2.25. The van der Waals surface area contributed by atoms with Crippen LogP contribution in [0.3, 0.4) is 0 Å². The lowest BCUT2D eigenvalue weighted by Crippen LogP contribution is -2.25. The number of nitrogens with one attached hydrogen (secondary N) is 1. The second-order valence-corrected chi connectivity index (χ2v) is 7.02. The van der Waals surface area contributed by atoms with Crippen molar-refractivity contribution in [2.24, 2.45) is 0 Å². The third-order valence-corrected chi connectivity index (χ3v) is 4.62. The molecule has 7 nitrogen and oxygen atoms in total. The molecule has 4 aromatic rings. The highest BCUT2D eigenvalue weighted by molar-refractivity contribution is 5.97. The summed E-state index contributed by atoms with van der Waals surface area (Å²) in [6, 6.07) is 21.3. The molecule has 0 bridgehead atoms. The summed E-state index contributed by atoms with van der Waals surface area (Å²) in [7, 11) is 0. The first-order valence-electron chi connectivity index (χ1n) is 9.78. The molecule has 0 aliphatic carbocycles. The van der Waals surface area contributed by atoms with Gasteiger partial charge in [0.1, 0.15) is 5.76 Å². The van der Waals surface area contributed by atoms with E-state index in [1.807, 2.05) is 25.1 Å². The monoisotopic (exact) mass is 415 g/mol. The molecule has 0 aliphatic heterocycles. The number of amides is 1. The van der Waals surface area contributed by atoms with Gasteiger partial charge in [0.2, 0.25) is 11.9 Å². The van der Waals surface area contributed by atoms with Gasteiger partial charge >= 0.3 is 5.97 Å². The van der Waals surface area contributed by atoms with Crippen LogP contribution in [0.15, 0.2) is 89.6 Å². The Bertz CT molecular complexity index is 1150. The fourth-order valence-electron chi connectivity index (χ4n) is 3.04. The molecule has 156 valence electrons. The number of furan rings is 1. The third kappa shape index (κ3) is 5.08. The van der Waals surface area contributed by atoms with Crippen molar-refractivity contribution < 1.29 is 18.7 Å². The fraction of sp³-hybridized carbons (Fsp3) is 0.125. The molecule has 1 N–H and O–H groups in total. The maximum absolute atomic E-state index is 13.0. The summed E-state index contributed by atoms with van der Waals surface area (Å²) in [4.78, 5) is 25.7. The molecule has 2 aromatic heterocycles. The van der Waals surface area contributed by atoms with Gasteiger partial charge in [-0.1, -0.05) is 48.0 Å². The van der Waals surface area contributed by atoms with Crippen LogP contribution in [-0.4, -0.2) is 21.7 Å². The van der Waals surface area contributed by atoms with E-state index >= 15 is 0 Å². The molecule has 2 aromatic carbocycles. The number of aryl methyl sites for hydroxylation is 1. The third-order valence-electron chi connectivity index (χ3n) is 4.62. The molecule has 0 saturated carbocycles. The van der Waals surface area contributed by atoms with E-state index in [1.54, 1.807) is 65.6 Å². The Balaban J connectivity index is 1.50. The number of carbonyl (C=O) groups is 2. The van der Waals surface area contributed by atoms with Gasteiger partial charge in [-0.05, 0) is 37.3 Å². The molecule has 4 rings (SSSR count). The lowest BCUT2D eigenvalue weighted by atomic mass is 10.1. The largest absolute Gasteiger partial charge is 0.452 e. The van der Waals surface area contributed by atoms with E-state index in [0.717, 1.165) is 5.56 Å². The molecule has 1 amide bonds. The van der Waals surface area contributed by atoms with Crippen molar-refractivity contribution in [3.05, 3.63) is 108 Å². The van der Waals surface area contributed by atoms with Crippen molar-refractivity contribution >= 4 is 17.6 Å². The summed E-state index contributed by atoms with van der Waals surface area (Å²) in [5, 5.41) is 6.91. The number of rotatable bonds is 7. The topological polar surface area (TPSA) is 86.4 Å². The number of nitrogens with zero attached hydrogens (tertiary/aromatic N) is 2. The molecule has 0 saturated heterocycles. The van der Waals surface area contributed by atoms with Crippen LogP contribution in [0.25, 0.3) is 0 Å². The van der Waals surface area contributed by atoms with Gasteiger partial charge in [0.15, 0.2) is 0 Å². The van der Waals surface area contributed by atoms with E-state index in [1.165, 1.54) is 6.07 Å². The van der Waals surface area contributed by atoms with Crippen molar-refractivity contribution in [3.63, 3.8) is 0 Å². The number of esters is 1. The zero-order chi connectivity index (χ0) is 21.6. The standard InChI is InChI=1S/C24H21N3O4/c1-17-8-10-19(11-9-17)26-23(28)22(18-6-3-2-4-7-18)31-24(29)21-13-12-20(30-21)16-27-15-5-14-25-27/h2-15,22H,16H2,1H3,(H,26,28). The minimum atomic E-state index is -1.13. The zero-order valence-corrected chi connectivity index (χ0v) is 16.9. The fourth-order valence-corrected chi connectivity index (χ4v) is 3.04. The van der Waals surface area contributed by atoms with Crippen LogP contribution < -0.4 is 5.32 Å². The minimum absolute atomic E-state index is 0.0197. The van der Waals surface area contributed by atoms with Gasteiger partial charge in [0.25, 0.3) is 5.91 Å². The lowest BCUT2D eigenvalue weighted by molar-refractivity contribution is -0.125. The average molecular weight is 415 g/mol. The number of anilines is 1. The Morgan fingerprint density at radius 3 is 2.52 bits per heavy atom. The maximum atomic E-state index is 13.0. The highest BCUT2D eigenvalue weighted by Crippen LogP contribution is 2.23. The molecule has 0 aliphatic rings. The highest BCUT2D eigenvalue weighted by Gasteiger charge is 2.27. The summed E-state index contributed by atoms with van der Waals surface area (Å²) >= 11 is 0. The number of ether oxygens (including phenoxy) is 1. The Kier molecular flexibility index (Phi) is 5.93. The molecule has 2 heterocycles. The molecule has 1 unspecified atom stereocenters. The average Bonchev–Trinajstić information content (AvgIpc) is 3.47. The van der Waals surface area contributed by atoms with Gasteiger partial charge < -0.3 is 14.5 Å². The first kappa shape index (κ1) is 20.2. The second-order valence-electron chi connectivity index (χ2n) is 7.02. The van der Waals surface area contributed by atoms with Crippen LogP contribution in [0.4, 0.5) is 5.69 Å². The van der Waals surface area contributed by atoms with Crippen molar-refractivity contribution in [1.29, 1.82) is 0 Å². The summed E-state index contributed by atoms with van der Waals surface area (Å²) in [5.74, 6) is -0.603. The number of benzene rings is 2. The first-order chi connectivity index (χ1) is 15.1. The van der Waals surface area contributed by atoms with Crippen LogP contribution in [0.2, 0.25) is 0 Å². The quantitative estimate of drug-likeness (QED) is 0.453. The molecular formula is C24H21N3O4. The Labute approximate surface area is 179 Å².